The molecule has 0 aliphatic carbocycles. The number of aryl methyl sites for hydroxylation is 2. The quantitative estimate of drug-likeness (QED) is 0.856. The smallest absolute Gasteiger partial charge is 0.323 e. The van der Waals surface area contributed by atoms with E-state index in [1.54, 1.807) is 23.2 Å². The van der Waals surface area contributed by atoms with Crippen LogP contribution in [-0.4, -0.2) is 66.1 Å². The number of amides is 3. The van der Waals surface area contributed by atoms with Crippen molar-refractivity contribution in [2.75, 3.05) is 49.1 Å². The van der Waals surface area contributed by atoms with Crippen LogP contribution in [0.5, 0.6) is 0 Å². The summed E-state index contributed by atoms with van der Waals surface area (Å²) < 4.78 is 0. The first-order chi connectivity index (χ1) is 14.1. The fourth-order valence-corrected chi connectivity index (χ4v) is 3.82. The summed E-state index contributed by atoms with van der Waals surface area (Å²) in [4.78, 5) is 39.2. The molecule has 3 amide bonds. The van der Waals surface area contributed by atoms with Crippen molar-refractivity contribution >= 4 is 23.6 Å². The van der Waals surface area contributed by atoms with Gasteiger partial charge in [0.25, 0.3) is 5.91 Å². The average molecular weight is 394 g/mol. The van der Waals surface area contributed by atoms with Gasteiger partial charge in [0.2, 0.25) is 0 Å². The van der Waals surface area contributed by atoms with Crippen LogP contribution in [0, 0.1) is 6.92 Å². The summed E-state index contributed by atoms with van der Waals surface area (Å²) in [7, 11) is 0. The first-order valence-electron chi connectivity index (χ1n) is 10.1. The Balaban J connectivity index is 1.38. The maximum atomic E-state index is 12.8. The lowest BCUT2D eigenvalue weighted by atomic mass is 10.1. The Labute approximate surface area is 170 Å². The third-order valence-corrected chi connectivity index (χ3v) is 5.51. The van der Waals surface area contributed by atoms with Crippen LogP contribution >= 0.6 is 0 Å². The van der Waals surface area contributed by atoms with Crippen LogP contribution in [0.4, 0.5) is 16.4 Å². The van der Waals surface area contributed by atoms with E-state index in [2.05, 4.69) is 40.1 Å². The van der Waals surface area contributed by atoms with Crippen molar-refractivity contribution in [2.45, 2.75) is 20.3 Å². The van der Waals surface area contributed by atoms with E-state index in [4.69, 9.17) is 0 Å². The second kappa shape index (κ2) is 8.06. The molecule has 2 aromatic heterocycles. The van der Waals surface area contributed by atoms with Crippen molar-refractivity contribution in [3.05, 3.63) is 47.3 Å². The first kappa shape index (κ1) is 19.2. The SMILES string of the molecule is CCc1cnc(N2CCN(C(=O)c3ccc(N4CCNC4=O)nc3)CC2)c(C)c1. The predicted molar refractivity (Wildman–Crippen MR) is 111 cm³/mol. The van der Waals surface area contributed by atoms with Crippen LogP contribution in [0.15, 0.2) is 30.6 Å². The van der Waals surface area contributed by atoms with Gasteiger partial charge in [-0.2, -0.15) is 0 Å². The van der Waals surface area contributed by atoms with E-state index in [1.807, 2.05) is 11.1 Å². The second-order valence-corrected chi connectivity index (χ2v) is 7.41. The third kappa shape index (κ3) is 3.87. The first-order valence-corrected chi connectivity index (χ1v) is 10.1. The number of hydrogen-bond acceptors (Lipinski definition) is 5. The average Bonchev–Trinajstić information content (AvgIpc) is 3.19. The molecule has 0 radical (unpaired) electrons. The monoisotopic (exact) mass is 394 g/mol. The van der Waals surface area contributed by atoms with Crippen molar-refractivity contribution in [3.63, 3.8) is 0 Å². The van der Waals surface area contributed by atoms with Crippen LogP contribution < -0.4 is 15.1 Å². The molecule has 0 spiro atoms. The Morgan fingerprint density at radius 2 is 1.90 bits per heavy atom. The zero-order valence-corrected chi connectivity index (χ0v) is 16.9. The number of nitrogens with one attached hydrogen (secondary N) is 1. The van der Waals surface area contributed by atoms with E-state index < -0.39 is 0 Å². The molecule has 4 heterocycles. The summed E-state index contributed by atoms with van der Waals surface area (Å²) >= 11 is 0. The summed E-state index contributed by atoms with van der Waals surface area (Å²) in [5, 5.41) is 2.75. The van der Waals surface area contributed by atoms with Gasteiger partial charge < -0.3 is 15.1 Å². The number of pyridine rings is 2. The Morgan fingerprint density at radius 1 is 1.10 bits per heavy atom. The zero-order chi connectivity index (χ0) is 20.4. The topological polar surface area (TPSA) is 81.7 Å². The number of urea groups is 1. The van der Waals surface area contributed by atoms with Gasteiger partial charge in [0, 0.05) is 51.7 Å². The molecule has 1 N–H and O–H groups in total. The Bertz CT molecular complexity index is 906. The highest BCUT2D eigenvalue weighted by Gasteiger charge is 2.25. The molecule has 2 saturated heterocycles. The number of rotatable bonds is 4. The van der Waals surface area contributed by atoms with Gasteiger partial charge in [-0.1, -0.05) is 13.0 Å². The predicted octanol–water partition coefficient (Wildman–Crippen LogP) is 1.84. The molecule has 2 aliphatic rings. The summed E-state index contributed by atoms with van der Waals surface area (Å²) in [6.07, 6.45) is 4.48. The van der Waals surface area contributed by atoms with E-state index in [1.165, 1.54) is 11.1 Å². The third-order valence-electron chi connectivity index (χ3n) is 5.51. The maximum absolute atomic E-state index is 12.8. The van der Waals surface area contributed by atoms with Crippen LogP contribution in [0.3, 0.4) is 0 Å². The zero-order valence-electron chi connectivity index (χ0n) is 16.9. The number of anilines is 2. The van der Waals surface area contributed by atoms with Crippen molar-refractivity contribution < 1.29 is 9.59 Å². The van der Waals surface area contributed by atoms with Gasteiger partial charge in [-0.05, 0) is 36.6 Å². The molecule has 8 nitrogen and oxygen atoms in total. The molecular weight excluding hydrogens is 368 g/mol. The standard InChI is InChI=1S/C21H26N6O2/c1-3-16-12-15(2)19(24-13-16)25-8-10-26(11-9-25)20(28)17-4-5-18(23-14-17)27-7-6-22-21(27)29/h4-5,12-14H,3,6-11H2,1-2H3,(H,22,29). The Kier molecular flexibility index (Phi) is 5.33. The fourth-order valence-electron chi connectivity index (χ4n) is 3.82. The maximum Gasteiger partial charge on any atom is 0.323 e. The highest BCUT2D eigenvalue weighted by Crippen LogP contribution is 2.21. The Hall–Kier alpha value is -3.16. The molecule has 0 saturated carbocycles. The molecule has 8 heteroatoms. The minimum atomic E-state index is -0.149. The van der Waals surface area contributed by atoms with Crippen molar-refractivity contribution in [2.24, 2.45) is 0 Å². The number of piperazine rings is 1. The van der Waals surface area contributed by atoms with Gasteiger partial charge in [-0.15, -0.1) is 0 Å². The molecule has 2 aromatic rings. The van der Waals surface area contributed by atoms with E-state index in [-0.39, 0.29) is 11.9 Å². The normalized spacial score (nSPS) is 16.9. The van der Waals surface area contributed by atoms with Crippen LogP contribution in [0.1, 0.15) is 28.4 Å². The minimum absolute atomic E-state index is 0.0272. The molecular formula is C21H26N6O2. The van der Waals surface area contributed by atoms with E-state index >= 15 is 0 Å². The number of carbonyl (C=O) groups excluding carboxylic acids is 2. The molecule has 2 fully saturated rings. The molecule has 0 atom stereocenters. The lowest BCUT2D eigenvalue weighted by Crippen LogP contribution is -2.49. The summed E-state index contributed by atoms with van der Waals surface area (Å²) in [5.74, 6) is 1.54. The number of nitrogens with zero attached hydrogens (tertiary/aromatic N) is 5. The van der Waals surface area contributed by atoms with Gasteiger partial charge in [0.05, 0.1) is 5.56 Å². The van der Waals surface area contributed by atoms with Crippen LogP contribution in [-0.2, 0) is 6.42 Å². The van der Waals surface area contributed by atoms with Gasteiger partial charge in [-0.25, -0.2) is 14.8 Å². The number of hydrogen-bond donors (Lipinski definition) is 1. The minimum Gasteiger partial charge on any atom is -0.353 e. The summed E-state index contributed by atoms with van der Waals surface area (Å²) in [5.41, 5.74) is 2.96. The fraction of sp³-hybridized carbons (Fsp3) is 0.429. The molecule has 29 heavy (non-hydrogen) atoms. The Morgan fingerprint density at radius 3 is 2.48 bits per heavy atom. The van der Waals surface area contributed by atoms with Gasteiger partial charge in [0.1, 0.15) is 11.6 Å². The van der Waals surface area contributed by atoms with Gasteiger partial charge in [-0.3, -0.25) is 9.69 Å². The summed E-state index contributed by atoms with van der Waals surface area (Å²) in [6, 6.07) is 5.52. The van der Waals surface area contributed by atoms with Crippen molar-refractivity contribution in [3.8, 4) is 0 Å². The molecule has 0 unspecified atom stereocenters. The van der Waals surface area contributed by atoms with Crippen LogP contribution in [0.2, 0.25) is 0 Å². The van der Waals surface area contributed by atoms with E-state index in [0.29, 0.717) is 37.6 Å². The molecule has 4 rings (SSSR count). The van der Waals surface area contributed by atoms with Crippen LogP contribution in [0.25, 0.3) is 0 Å². The van der Waals surface area contributed by atoms with E-state index in [0.717, 1.165) is 25.3 Å². The highest BCUT2D eigenvalue weighted by atomic mass is 16.2. The molecule has 0 bridgehead atoms. The molecule has 152 valence electrons. The molecule has 0 aromatic carbocycles. The largest absolute Gasteiger partial charge is 0.353 e. The molecule has 2 aliphatic heterocycles. The summed E-state index contributed by atoms with van der Waals surface area (Å²) in [6.45, 7) is 8.22. The van der Waals surface area contributed by atoms with Crippen molar-refractivity contribution in [1.82, 2.24) is 20.2 Å². The van der Waals surface area contributed by atoms with Gasteiger partial charge in [0.15, 0.2) is 0 Å². The van der Waals surface area contributed by atoms with Gasteiger partial charge >= 0.3 is 6.03 Å². The second-order valence-electron chi connectivity index (χ2n) is 7.41. The lowest BCUT2D eigenvalue weighted by Gasteiger charge is -2.36. The number of aromatic nitrogens is 2. The van der Waals surface area contributed by atoms with Crippen molar-refractivity contribution in [1.29, 1.82) is 0 Å². The lowest BCUT2D eigenvalue weighted by molar-refractivity contribution is 0.0746. The van der Waals surface area contributed by atoms with E-state index in [9.17, 15) is 9.59 Å². The highest BCUT2D eigenvalue weighted by molar-refractivity contribution is 5.96. The number of carbonyl (C=O) groups is 2.